The molecule has 0 aliphatic rings. The molecule has 1 amide bonds. The molecular weight excluding hydrogens is 268 g/mol. The third-order valence-electron chi connectivity index (χ3n) is 3.06. The zero-order valence-corrected chi connectivity index (χ0v) is 12.3. The van der Waals surface area contributed by atoms with Gasteiger partial charge in [-0.2, -0.15) is 0 Å². The molecule has 0 unspecified atom stereocenters. The number of ether oxygens (including phenoxy) is 1. The van der Waals surface area contributed by atoms with Crippen molar-refractivity contribution in [1.82, 2.24) is 4.90 Å². The second-order valence-corrected chi connectivity index (χ2v) is 4.93. The first-order valence-electron chi connectivity index (χ1n) is 6.82. The number of aryl methyl sites for hydroxylation is 1. The van der Waals surface area contributed by atoms with Crippen LogP contribution in [0.2, 0.25) is 0 Å². The summed E-state index contributed by atoms with van der Waals surface area (Å²) >= 11 is 0. The molecule has 1 heterocycles. The number of rotatable bonds is 6. The number of nitrogen functional groups attached to an aromatic ring is 1. The number of carbonyl (C=O) groups is 1. The molecule has 0 bridgehead atoms. The monoisotopic (exact) mass is 288 g/mol. The molecule has 0 atom stereocenters. The Bertz CT molecular complexity index is 607. The van der Waals surface area contributed by atoms with Crippen LogP contribution < -0.4 is 10.5 Å². The summed E-state index contributed by atoms with van der Waals surface area (Å²) in [4.78, 5) is 13.6. The van der Waals surface area contributed by atoms with E-state index in [0.29, 0.717) is 31.0 Å². The van der Waals surface area contributed by atoms with Gasteiger partial charge in [0.15, 0.2) is 0 Å². The van der Waals surface area contributed by atoms with Crippen LogP contribution in [0.4, 0.5) is 5.69 Å². The molecule has 2 N–H and O–H groups in total. The van der Waals surface area contributed by atoms with Crippen LogP contribution in [-0.4, -0.2) is 24.5 Å². The standard InChI is InChI=1S/C16H20N2O3/c1-12-6-7-15(21-12)11-18(2)16(19)8-9-20-14-5-3-4-13(17)10-14/h3-7,10H,8-9,11,17H2,1-2H3. The van der Waals surface area contributed by atoms with Crippen molar-refractivity contribution in [2.45, 2.75) is 19.9 Å². The molecule has 0 aliphatic carbocycles. The molecule has 0 saturated heterocycles. The first-order valence-corrected chi connectivity index (χ1v) is 6.82. The minimum Gasteiger partial charge on any atom is -0.493 e. The predicted molar refractivity (Wildman–Crippen MR) is 80.9 cm³/mol. The van der Waals surface area contributed by atoms with E-state index in [-0.39, 0.29) is 5.91 Å². The summed E-state index contributed by atoms with van der Waals surface area (Å²) in [5, 5.41) is 0. The van der Waals surface area contributed by atoms with Gasteiger partial charge in [-0.3, -0.25) is 4.79 Å². The summed E-state index contributed by atoms with van der Waals surface area (Å²) in [5.41, 5.74) is 6.30. The molecule has 112 valence electrons. The number of carbonyl (C=O) groups excluding carboxylic acids is 1. The summed E-state index contributed by atoms with van der Waals surface area (Å²) in [6, 6.07) is 10.9. The Labute approximate surface area is 124 Å². The summed E-state index contributed by atoms with van der Waals surface area (Å²) in [5.74, 6) is 2.30. The van der Waals surface area contributed by atoms with Crippen LogP contribution in [0.25, 0.3) is 0 Å². The number of amides is 1. The molecule has 2 aromatic rings. The van der Waals surface area contributed by atoms with Crippen molar-refractivity contribution in [3.63, 3.8) is 0 Å². The van der Waals surface area contributed by atoms with Crippen molar-refractivity contribution in [2.24, 2.45) is 0 Å². The summed E-state index contributed by atoms with van der Waals surface area (Å²) < 4.78 is 11.0. The smallest absolute Gasteiger partial charge is 0.226 e. The lowest BCUT2D eigenvalue weighted by atomic mass is 10.3. The van der Waals surface area contributed by atoms with Crippen LogP contribution in [0.3, 0.4) is 0 Å². The second kappa shape index (κ2) is 6.83. The number of nitrogens with two attached hydrogens (primary N) is 1. The summed E-state index contributed by atoms with van der Waals surface area (Å²) in [7, 11) is 1.75. The van der Waals surface area contributed by atoms with Crippen molar-refractivity contribution in [3.05, 3.63) is 47.9 Å². The molecule has 1 aromatic carbocycles. The fourth-order valence-corrected chi connectivity index (χ4v) is 1.94. The summed E-state index contributed by atoms with van der Waals surface area (Å²) in [6.45, 7) is 2.67. The van der Waals surface area contributed by atoms with E-state index in [0.717, 1.165) is 11.5 Å². The van der Waals surface area contributed by atoms with E-state index in [1.54, 1.807) is 24.1 Å². The quantitative estimate of drug-likeness (QED) is 0.830. The van der Waals surface area contributed by atoms with Gasteiger partial charge in [-0.15, -0.1) is 0 Å². The van der Waals surface area contributed by atoms with Crippen LogP contribution in [0.5, 0.6) is 5.75 Å². The largest absolute Gasteiger partial charge is 0.493 e. The van der Waals surface area contributed by atoms with Crippen molar-refractivity contribution in [1.29, 1.82) is 0 Å². The zero-order valence-electron chi connectivity index (χ0n) is 12.3. The minimum atomic E-state index is 0.00737. The normalized spacial score (nSPS) is 10.4. The number of furan rings is 1. The number of hydrogen-bond donors (Lipinski definition) is 1. The second-order valence-electron chi connectivity index (χ2n) is 4.93. The molecule has 0 saturated carbocycles. The van der Waals surface area contributed by atoms with Crippen LogP contribution in [0, 0.1) is 6.92 Å². The van der Waals surface area contributed by atoms with Crippen LogP contribution >= 0.6 is 0 Å². The van der Waals surface area contributed by atoms with Crippen molar-refractivity contribution >= 4 is 11.6 Å². The van der Waals surface area contributed by atoms with Crippen LogP contribution in [0.1, 0.15) is 17.9 Å². The highest BCUT2D eigenvalue weighted by atomic mass is 16.5. The van der Waals surface area contributed by atoms with Crippen LogP contribution in [-0.2, 0) is 11.3 Å². The van der Waals surface area contributed by atoms with E-state index in [1.165, 1.54) is 0 Å². The third-order valence-corrected chi connectivity index (χ3v) is 3.06. The van der Waals surface area contributed by atoms with E-state index in [9.17, 15) is 4.79 Å². The highest BCUT2D eigenvalue weighted by Gasteiger charge is 2.11. The van der Waals surface area contributed by atoms with Crippen molar-refractivity contribution < 1.29 is 13.9 Å². The predicted octanol–water partition coefficient (Wildman–Crippen LogP) is 2.60. The Morgan fingerprint density at radius 1 is 1.33 bits per heavy atom. The fraction of sp³-hybridized carbons (Fsp3) is 0.312. The van der Waals surface area contributed by atoms with E-state index in [4.69, 9.17) is 14.9 Å². The van der Waals surface area contributed by atoms with Gasteiger partial charge in [0, 0.05) is 18.8 Å². The molecule has 0 radical (unpaired) electrons. The lowest BCUT2D eigenvalue weighted by molar-refractivity contribution is -0.131. The molecule has 1 aromatic heterocycles. The molecule has 0 spiro atoms. The van der Waals surface area contributed by atoms with Crippen molar-refractivity contribution in [2.75, 3.05) is 19.4 Å². The average molecular weight is 288 g/mol. The Morgan fingerprint density at radius 3 is 2.81 bits per heavy atom. The van der Waals surface area contributed by atoms with Gasteiger partial charge in [-0.25, -0.2) is 0 Å². The van der Waals surface area contributed by atoms with E-state index in [2.05, 4.69) is 0 Å². The number of anilines is 1. The fourth-order valence-electron chi connectivity index (χ4n) is 1.94. The molecule has 5 nitrogen and oxygen atoms in total. The number of benzene rings is 1. The third kappa shape index (κ3) is 4.56. The lowest BCUT2D eigenvalue weighted by Gasteiger charge is -2.16. The molecule has 5 heteroatoms. The maximum atomic E-state index is 12.0. The lowest BCUT2D eigenvalue weighted by Crippen LogP contribution is -2.27. The zero-order chi connectivity index (χ0) is 15.2. The minimum absolute atomic E-state index is 0.00737. The first kappa shape index (κ1) is 15.0. The Hall–Kier alpha value is -2.43. The SMILES string of the molecule is Cc1ccc(CN(C)C(=O)CCOc2cccc(N)c2)o1. The van der Waals surface area contributed by atoms with E-state index < -0.39 is 0 Å². The highest BCUT2D eigenvalue weighted by Crippen LogP contribution is 2.15. The Balaban J connectivity index is 1.76. The molecule has 21 heavy (non-hydrogen) atoms. The number of nitrogens with zero attached hydrogens (tertiary/aromatic N) is 1. The molecule has 0 aliphatic heterocycles. The van der Waals surface area contributed by atoms with Gasteiger partial charge in [-0.1, -0.05) is 6.07 Å². The van der Waals surface area contributed by atoms with Gasteiger partial charge in [0.05, 0.1) is 19.6 Å². The highest BCUT2D eigenvalue weighted by molar-refractivity contribution is 5.75. The van der Waals surface area contributed by atoms with Gasteiger partial charge < -0.3 is 19.8 Å². The average Bonchev–Trinajstić information content (AvgIpc) is 2.84. The first-order chi connectivity index (χ1) is 10.0. The van der Waals surface area contributed by atoms with Gasteiger partial charge >= 0.3 is 0 Å². The maximum absolute atomic E-state index is 12.0. The van der Waals surface area contributed by atoms with Gasteiger partial charge in [0.1, 0.15) is 17.3 Å². The molecule has 0 fully saturated rings. The van der Waals surface area contributed by atoms with E-state index in [1.807, 2.05) is 31.2 Å². The van der Waals surface area contributed by atoms with E-state index >= 15 is 0 Å². The van der Waals surface area contributed by atoms with Gasteiger partial charge in [0.2, 0.25) is 5.91 Å². The van der Waals surface area contributed by atoms with Gasteiger partial charge in [0.25, 0.3) is 0 Å². The Kier molecular flexibility index (Phi) is 4.87. The molecule has 2 rings (SSSR count). The number of hydrogen-bond acceptors (Lipinski definition) is 4. The molecular formula is C16H20N2O3. The topological polar surface area (TPSA) is 68.7 Å². The summed E-state index contributed by atoms with van der Waals surface area (Å²) in [6.07, 6.45) is 0.311. The maximum Gasteiger partial charge on any atom is 0.226 e. The van der Waals surface area contributed by atoms with Gasteiger partial charge in [-0.05, 0) is 31.2 Å². The van der Waals surface area contributed by atoms with Crippen LogP contribution in [0.15, 0.2) is 40.8 Å². The van der Waals surface area contributed by atoms with Crippen molar-refractivity contribution in [3.8, 4) is 5.75 Å². The Morgan fingerprint density at radius 2 is 2.14 bits per heavy atom.